The quantitative estimate of drug-likeness (QED) is 0.826. The van der Waals surface area contributed by atoms with Crippen LogP contribution in [0.15, 0.2) is 18.2 Å². The lowest BCUT2D eigenvalue weighted by Gasteiger charge is -2.36. The van der Waals surface area contributed by atoms with Crippen molar-refractivity contribution in [3.63, 3.8) is 0 Å². The lowest BCUT2D eigenvalue weighted by atomic mass is 10.1. The van der Waals surface area contributed by atoms with Crippen molar-refractivity contribution in [1.29, 1.82) is 0 Å². The molecular formula is C16H26N2O. The molecule has 0 aliphatic carbocycles. The highest BCUT2D eigenvalue weighted by atomic mass is 16.5. The van der Waals surface area contributed by atoms with Gasteiger partial charge in [0.2, 0.25) is 0 Å². The van der Waals surface area contributed by atoms with Gasteiger partial charge in [-0.15, -0.1) is 0 Å². The minimum Gasteiger partial charge on any atom is -0.377 e. The Morgan fingerprint density at radius 3 is 3.00 bits per heavy atom. The maximum Gasteiger partial charge on any atom is 0.0668 e. The summed E-state index contributed by atoms with van der Waals surface area (Å²) < 4.78 is 5.54. The summed E-state index contributed by atoms with van der Waals surface area (Å²) in [6, 6.07) is 7.24. The van der Waals surface area contributed by atoms with Crippen LogP contribution < -0.4 is 10.2 Å². The van der Waals surface area contributed by atoms with E-state index in [1.165, 1.54) is 23.2 Å². The number of nitrogens with one attached hydrogen (secondary N) is 1. The zero-order valence-corrected chi connectivity index (χ0v) is 12.4. The maximum absolute atomic E-state index is 5.54. The van der Waals surface area contributed by atoms with E-state index in [0.29, 0.717) is 6.04 Å². The highest BCUT2D eigenvalue weighted by molar-refractivity contribution is 5.56. The number of benzene rings is 1. The number of nitrogens with zero attached hydrogens (tertiary/aromatic N) is 1. The van der Waals surface area contributed by atoms with Crippen LogP contribution in [0.1, 0.15) is 31.4 Å². The molecular weight excluding hydrogens is 236 g/mol. The van der Waals surface area contributed by atoms with Gasteiger partial charge >= 0.3 is 0 Å². The zero-order chi connectivity index (χ0) is 13.7. The van der Waals surface area contributed by atoms with E-state index >= 15 is 0 Å². The van der Waals surface area contributed by atoms with Gasteiger partial charge in [0.05, 0.1) is 13.2 Å². The fourth-order valence-corrected chi connectivity index (χ4v) is 2.62. The van der Waals surface area contributed by atoms with Crippen molar-refractivity contribution < 1.29 is 4.74 Å². The molecule has 1 aromatic carbocycles. The van der Waals surface area contributed by atoms with Gasteiger partial charge in [-0.1, -0.05) is 24.6 Å². The van der Waals surface area contributed by atoms with Crippen LogP contribution in [0.5, 0.6) is 0 Å². The minimum absolute atomic E-state index is 0.460. The van der Waals surface area contributed by atoms with E-state index in [1.807, 2.05) is 0 Å². The van der Waals surface area contributed by atoms with E-state index in [0.717, 1.165) is 32.8 Å². The molecule has 0 aromatic heterocycles. The Kier molecular flexibility index (Phi) is 5.23. The molecule has 0 saturated carbocycles. The number of anilines is 1. The van der Waals surface area contributed by atoms with Crippen LogP contribution in [0.25, 0.3) is 0 Å². The molecule has 1 heterocycles. The fourth-order valence-electron chi connectivity index (χ4n) is 2.62. The topological polar surface area (TPSA) is 24.5 Å². The molecule has 1 aliphatic heterocycles. The summed E-state index contributed by atoms with van der Waals surface area (Å²) in [5.41, 5.74) is 4.10. The van der Waals surface area contributed by atoms with E-state index in [1.54, 1.807) is 0 Å². The molecule has 3 heteroatoms. The first-order chi connectivity index (χ1) is 9.22. The number of ether oxygens (including phenoxy) is 1. The first-order valence-corrected chi connectivity index (χ1v) is 7.37. The lowest BCUT2D eigenvalue weighted by Crippen LogP contribution is -2.44. The Morgan fingerprint density at radius 1 is 1.42 bits per heavy atom. The van der Waals surface area contributed by atoms with Gasteiger partial charge < -0.3 is 15.0 Å². The second kappa shape index (κ2) is 6.92. The normalized spacial score (nSPS) is 19.7. The predicted molar refractivity (Wildman–Crippen MR) is 80.8 cm³/mol. The summed E-state index contributed by atoms with van der Waals surface area (Å²) >= 11 is 0. The Bertz CT molecular complexity index is 406. The smallest absolute Gasteiger partial charge is 0.0668 e. The highest BCUT2D eigenvalue weighted by Crippen LogP contribution is 2.25. The second-order valence-corrected chi connectivity index (χ2v) is 5.43. The minimum atomic E-state index is 0.460. The molecule has 1 aliphatic rings. The van der Waals surface area contributed by atoms with Crippen molar-refractivity contribution in [2.24, 2.45) is 0 Å². The molecule has 1 saturated heterocycles. The zero-order valence-electron chi connectivity index (χ0n) is 12.4. The van der Waals surface area contributed by atoms with E-state index in [4.69, 9.17) is 4.74 Å². The van der Waals surface area contributed by atoms with Gasteiger partial charge in [-0.25, -0.2) is 0 Å². The molecule has 0 spiro atoms. The molecule has 0 radical (unpaired) electrons. The van der Waals surface area contributed by atoms with Crippen molar-refractivity contribution in [1.82, 2.24) is 5.32 Å². The second-order valence-electron chi connectivity index (χ2n) is 5.43. The number of hydrogen-bond acceptors (Lipinski definition) is 3. The van der Waals surface area contributed by atoms with Crippen LogP contribution in [0.4, 0.5) is 5.69 Å². The number of rotatable bonds is 5. The van der Waals surface area contributed by atoms with Gasteiger partial charge in [-0.05, 0) is 38.4 Å². The molecule has 0 amide bonds. The van der Waals surface area contributed by atoms with Crippen LogP contribution in [0.3, 0.4) is 0 Å². The van der Waals surface area contributed by atoms with Crippen molar-refractivity contribution in [2.75, 3.05) is 31.2 Å². The van der Waals surface area contributed by atoms with E-state index in [9.17, 15) is 0 Å². The third-order valence-electron chi connectivity index (χ3n) is 3.65. The van der Waals surface area contributed by atoms with Crippen LogP contribution in [0.2, 0.25) is 0 Å². The SMILES string of the molecule is CCCNCc1cc(C)ccc1N1CCOCC1C. The van der Waals surface area contributed by atoms with Crippen LogP contribution in [0, 0.1) is 6.92 Å². The molecule has 1 atom stereocenters. The Balaban J connectivity index is 2.17. The van der Waals surface area contributed by atoms with Crippen molar-refractivity contribution in [3.8, 4) is 0 Å². The Morgan fingerprint density at radius 2 is 2.26 bits per heavy atom. The van der Waals surface area contributed by atoms with Crippen LogP contribution >= 0.6 is 0 Å². The number of morpholine rings is 1. The van der Waals surface area contributed by atoms with E-state index in [2.05, 4.69) is 49.2 Å². The summed E-state index contributed by atoms with van der Waals surface area (Å²) in [7, 11) is 0. The molecule has 1 aromatic rings. The van der Waals surface area contributed by atoms with Gasteiger partial charge in [-0.2, -0.15) is 0 Å². The lowest BCUT2D eigenvalue weighted by molar-refractivity contribution is 0.0988. The summed E-state index contributed by atoms with van der Waals surface area (Å²) in [5.74, 6) is 0. The Labute approximate surface area is 116 Å². The van der Waals surface area contributed by atoms with Gasteiger partial charge in [0, 0.05) is 24.8 Å². The summed E-state index contributed by atoms with van der Waals surface area (Å²) in [6.07, 6.45) is 1.18. The molecule has 3 nitrogen and oxygen atoms in total. The standard InChI is InChI=1S/C16H26N2O/c1-4-7-17-11-15-10-13(2)5-6-16(15)18-8-9-19-12-14(18)3/h5-6,10,14,17H,4,7-9,11-12H2,1-3H3. The third-order valence-corrected chi connectivity index (χ3v) is 3.65. The molecule has 106 valence electrons. The number of hydrogen-bond donors (Lipinski definition) is 1. The summed E-state index contributed by atoms with van der Waals surface area (Å²) in [6.45, 7) is 11.3. The summed E-state index contributed by atoms with van der Waals surface area (Å²) in [5, 5.41) is 3.51. The fraction of sp³-hybridized carbons (Fsp3) is 0.625. The van der Waals surface area contributed by atoms with Gasteiger partial charge in [0.1, 0.15) is 0 Å². The number of aryl methyl sites for hydroxylation is 1. The van der Waals surface area contributed by atoms with Crippen molar-refractivity contribution >= 4 is 5.69 Å². The van der Waals surface area contributed by atoms with Gasteiger partial charge in [-0.3, -0.25) is 0 Å². The highest BCUT2D eigenvalue weighted by Gasteiger charge is 2.21. The van der Waals surface area contributed by atoms with Crippen LogP contribution in [-0.2, 0) is 11.3 Å². The monoisotopic (exact) mass is 262 g/mol. The van der Waals surface area contributed by atoms with E-state index < -0.39 is 0 Å². The van der Waals surface area contributed by atoms with Crippen molar-refractivity contribution in [2.45, 2.75) is 39.8 Å². The Hall–Kier alpha value is -1.06. The molecule has 1 unspecified atom stereocenters. The predicted octanol–water partition coefficient (Wildman–Crippen LogP) is 2.72. The van der Waals surface area contributed by atoms with Crippen molar-refractivity contribution in [3.05, 3.63) is 29.3 Å². The van der Waals surface area contributed by atoms with E-state index in [-0.39, 0.29) is 0 Å². The molecule has 1 N–H and O–H groups in total. The maximum atomic E-state index is 5.54. The summed E-state index contributed by atoms with van der Waals surface area (Å²) in [4.78, 5) is 2.48. The third kappa shape index (κ3) is 3.71. The van der Waals surface area contributed by atoms with Crippen LogP contribution in [-0.4, -0.2) is 32.3 Å². The largest absolute Gasteiger partial charge is 0.377 e. The molecule has 19 heavy (non-hydrogen) atoms. The average Bonchev–Trinajstić information content (AvgIpc) is 2.40. The molecule has 0 bridgehead atoms. The first-order valence-electron chi connectivity index (χ1n) is 7.37. The van der Waals surface area contributed by atoms with Gasteiger partial charge in [0.15, 0.2) is 0 Å². The first kappa shape index (κ1) is 14.4. The van der Waals surface area contributed by atoms with Gasteiger partial charge in [0.25, 0.3) is 0 Å². The average molecular weight is 262 g/mol. The molecule has 1 fully saturated rings. The molecule has 2 rings (SSSR count).